The van der Waals surface area contributed by atoms with Crippen LogP contribution in [-0.2, 0) is 9.59 Å². The van der Waals surface area contributed by atoms with Crippen LogP contribution in [0.1, 0.15) is 13.3 Å². The van der Waals surface area contributed by atoms with Gasteiger partial charge in [-0.1, -0.05) is 0 Å². The van der Waals surface area contributed by atoms with Gasteiger partial charge >= 0.3 is 0 Å². The van der Waals surface area contributed by atoms with E-state index < -0.39 is 5.92 Å². The minimum atomic E-state index is -0.585. The van der Waals surface area contributed by atoms with Gasteiger partial charge in [-0.05, 0) is 25.5 Å². The second kappa shape index (κ2) is 5.63. The molecule has 0 saturated carbocycles. The van der Waals surface area contributed by atoms with Gasteiger partial charge in [0.1, 0.15) is 19.1 Å². The number of carbonyl (C=O) groups is 2. The van der Waals surface area contributed by atoms with Gasteiger partial charge in [0, 0.05) is 24.8 Å². The van der Waals surface area contributed by atoms with Gasteiger partial charge in [-0.15, -0.1) is 0 Å². The molecule has 1 unspecified atom stereocenters. The summed E-state index contributed by atoms with van der Waals surface area (Å²) in [5, 5.41) is 2.71. The zero-order valence-electron chi connectivity index (χ0n) is 11.9. The van der Waals surface area contributed by atoms with Gasteiger partial charge in [0.2, 0.25) is 11.8 Å². The molecular formula is C15H18N2O4. The van der Waals surface area contributed by atoms with E-state index in [0.29, 0.717) is 44.2 Å². The predicted octanol–water partition coefficient (Wildman–Crippen LogP) is 0.947. The van der Waals surface area contributed by atoms with E-state index in [-0.39, 0.29) is 11.8 Å². The number of nitrogens with zero attached hydrogens (tertiary/aromatic N) is 1. The van der Waals surface area contributed by atoms with E-state index in [9.17, 15) is 9.59 Å². The van der Waals surface area contributed by atoms with Gasteiger partial charge in [-0.2, -0.15) is 0 Å². The van der Waals surface area contributed by atoms with Crippen molar-refractivity contribution < 1.29 is 19.1 Å². The predicted molar refractivity (Wildman–Crippen MR) is 76.6 cm³/mol. The van der Waals surface area contributed by atoms with Crippen molar-refractivity contribution in [3.05, 3.63) is 18.2 Å². The van der Waals surface area contributed by atoms with Crippen molar-refractivity contribution >= 4 is 17.5 Å². The minimum Gasteiger partial charge on any atom is -0.486 e. The summed E-state index contributed by atoms with van der Waals surface area (Å²) in [6.45, 7) is 3.96. The summed E-state index contributed by atoms with van der Waals surface area (Å²) in [7, 11) is 0. The first-order valence-corrected chi connectivity index (χ1v) is 7.19. The Bertz CT molecular complexity index is 573. The summed E-state index contributed by atoms with van der Waals surface area (Å²) >= 11 is 0. The highest BCUT2D eigenvalue weighted by molar-refractivity contribution is 6.09. The summed E-state index contributed by atoms with van der Waals surface area (Å²) in [4.78, 5) is 25.9. The third-order valence-electron chi connectivity index (χ3n) is 3.71. The molecule has 2 amide bonds. The Morgan fingerprint density at radius 2 is 2.10 bits per heavy atom. The van der Waals surface area contributed by atoms with Gasteiger partial charge in [-0.25, -0.2) is 0 Å². The van der Waals surface area contributed by atoms with Gasteiger partial charge in [0.25, 0.3) is 0 Å². The first-order chi connectivity index (χ1) is 10.2. The van der Waals surface area contributed by atoms with E-state index in [0.717, 1.165) is 5.69 Å². The van der Waals surface area contributed by atoms with Crippen LogP contribution in [0.5, 0.6) is 11.5 Å². The molecule has 1 atom stereocenters. The Hall–Kier alpha value is -2.24. The average molecular weight is 290 g/mol. The average Bonchev–Trinajstić information content (AvgIpc) is 2.89. The van der Waals surface area contributed by atoms with Crippen molar-refractivity contribution in [1.29, 1.82) is 0 Å². The molecule has 3 rings (SSSR count). The molecule has 0 radical (unpaired) electrons. The second-order valence-corrected chi connectivity index (χ2v) is 5.05. The molecule has 1 N–H and O–H groups in total. The maximum absolute atomic E-state index is 12.4. The van der Waals surface area contributed by atoms with Gasteiger partial charge in [0.05, 0.1) is 0 Å². The molecular weight excluding hydrogens is 272 g/mol. The van der Waals surface area contributed by atoms with Gasteiger partial charge in [-0.3, -0.25) is 9.59 Å². The lowest BCUT2D eigenvalue weighted by atomic mass is 10.1. The second-order valence-electron chi connectivity index (χ2n) is 5.05. The standard InChI is InChI=1S/C15H18N2O4/c1-2-16-14(18)11-5-6-17(15(11)19)10-3-4-12-13(9-10)21-8-7-20-12/h3-4,9,11H,2,5-8H2,1H3,(H,16,18). The summed E-state index contributed by atoms with van der Waals surface area (Å²) in [5.41, 5.74) is 0.746. The van der Waals surface area contributed by atoms with Gasteiger partial charge < -0.3 is 19.7 Å². The highest BCUT2D eigenvalue weighted by atomic mass is 16.6. The number of anilines is 1. The molecule has 2 heterocycles. The van der Waals surface area contributed by atoms with Crippen LogP contribution >= 0.6 is 0 Å². The summed E-state index contributed by atoms with van der Waals surface area (Å²) in [5.74, 6) is 0.406. The van der Waals surface area contributed by atoms with E-state index in [1.807, 2.05) is 13.0 Å². The van der Waals surface area contributed by atoms with E-state index in [2.05, 4.69) is 5.32 Å². The Labute approximate surface area is 123 Å². The van der Waals surface area contributed by atoms with Crippen LogP contribution in [0.3, 0.4) is 0 Å². The van der Waals surface area contributed by atoms with Crippen molar-refractivity contribution in [1.82, 2.24) is 5.32 Å². The number of nitrogens with one attached hydrogen (secondary N) is 1. The molecule has 0 bridgehead atoms. The van der Waals surface area contributed by atoms with Crippen LogP contribution in [0.2, 0.25) is 0 Å². The molecule has 1 saturated heterocycles. The number of rotatable bonds is 3. The zero-order valence-corrected chi connectivity index (χ0v) is 11.9. The molecule has 6 heteroatoms. The molecule has 0 spiro atoms. The van der Waals surface area contributed by atoms with Crippen molar-refractivity contribution in [2.75, 3.05) is 31.2 Å². The Kier molecular flexibility index (Phi) is 3.68. The highest BCUT2D eigenvalue weighted by Gasteiger charge is 2.37. The van der Waals surface area contributed by atoms with Gasteiger partial charge in [0.15, 0.2) is 11.5 Å². The molecule has 6 nitrogen and oxygen atoms in total. The lowest BCUT2D eigenvalue weighted by Gasteiger charge is -2.22. The molecule has 2 aliphatic heterocycles. The third kappa shape index (κ3) is 2.53. The normalized spacial score (nSPS) is 20.5. The molecule has 1 aromatic rings. The SMILES string of the molecule is CCNC(=O)C1CCN(c2ccc3c(c2)OCCO3)C1=O. The van der Waals surface area contributed by atoms with Crippen LogP contribution in [0.25, 0.3) is 0 Å². The maximum atomic E-state index is 12.4. The van der Waals surface area contributed by atoms with E-state index in [1.165, 1.54) is 0 Å². The molecule has 1 fully saturated rings. The van der Waals surface area contributed by atoms with Crippen LogP contribution < -0.4 is 19.7 Å². The summed E-state index contributed by atoms with van der Waals surface area (Å²) < 4.78 is 11.0. The number of carbonyl (C=O) groups excluding carboxylic acids is 2. The number of fused-ring (bicyclic) bond motifs is 1. The van der Waals surface area contributed by atoms with Crippen LogP contribution in [0, 0.1) is 5.92 Å². The molecule has 112 valence electrons. The third-order valence-corrected chi connectivity index (χ3v) is 3.71. The van der Waals surface area contributed by atoms with Crippen LogP contribution in [-0.4, -0.2) is 38.1 Å². The van der Waals surface area contributed by atoms with Crippen molar-refractivity contribution in [3.8, 4) is 11.5 Å². The summed E-state index contributed by atoms with van der Waals surface area (Å²) in [6.07, 6.45) is 0.541. The fourth-order valence-corrected chi connectivity index (χ4v) is 2.68. The lowest BCUT2D eigenvalue weighted by molar-refractivity contribution is -0.132. The lowest BCUT2D eigenvalue weighted by Crippen LogP contribution is -2.36. The van der Waals surface area contributed by atoms with E-state index >= 15 is 0 Å². The minimum absolute atomic E-state index is 0.155. The number of benzene rings is 1. The van der Waals surface area contributed by atoms with Crippen molar-refractivity contribution in [2.24, 2.45) is 5.92 Å². The Morgan fingerprint density at radius 3 is 2.86 bits per heavy atom. The number of amides is 2. The fourth-order valence-electron chi connectivity index (χ4n) is 2.68. The summed E-state index contributed by atoms with van der Waals surface area (Å²) in [6, 6.07) is 5.43. The van der Waals surface area contributed by atoms with Crippen LogP contribution in [0.15, 0.2) is 18.2 Å². The van der Waals surface area contributed by atoms with Crippen molar-refractivity contribution in [2.45, 2.75) is 13.3 Å². The highest BCUT2D eigenvalue weighted by Crippen LogP contribution is 2.35. The Balaban J connectivity index is 1.79. The topological polar surface area (TPSA) is 67.9 Å². The Morgan fingerprint density at radius 1 is 1.33 bits per heavy atom. The molecule has 0 aliphatic carbocycles. The van der Waals surface area contributed by atoms with Crippen molar-refractivity contribution in [3.63, 3.8) is 0 Å². The largest absolute Gasteiger partial charge is 0.486 e. The molecule has 1 aromatic carbocycles. The smallest absolute Gasteiger partial charge is 0.239 e. The van der Waals surface area contributed by atoms with E-state index in [1.54, 1.807) is 17.0 Å². The monoisotopic (exact) mass is 290 g/mol. The number of ether oxygens (including phenoxy) is 2. The fraction of sp³-hybridized carbons (Fsp3) is 0.467. The molecule has 21 heavy (non-hydrogen) atoms. The zero-order chi connectivity index (χ0) is 14.8. The first kappa shape index (κ1) is 13.7. The number of hydrogen-bond acceptors (Lipinski definition) is 4. The number of hydrogen-bond donors (Lipinski definition) is 1. The van der Waals surface area contributed by atoms with Crippen LogP contribution in [0.4, 0.5) is 5.69 Å². The first-order valence-electron chi connectivity index (χ1n) is 7.19. The molecule has 2 aliphatic rings. The maximum Gasteiger partial charge on any atom is 0.239 e. The quantitative estimate of drug-likeness (QED) is 0.842. The molecule has 0 aromatic heterocycles. The van der Waals surface area contributed by atoms with E-state index in [4.69, 9.17) is 9.47 Å².